The predicted molar refractivity (Wildman–Crippen MR) is 93.5 cm³/mol. The molecule has 0 bridgehead atoms. The Bertz CT molecular complexity index is 822. The largest absolute Gasteiger partial charge is 0.311 e. The minimum absolute atomic E-state index is 0.0228. The third kappa shape index (κ3) is 3.42. The molecule has 1 atom stereocenters. The second-order valence-corrected chi connectivity index (χ2v) is 5.82. The summed E-state index contributed by atoms with van der Waals surface area (Å²) < 4.78 is 1.86. The van der Waals surface area contributed by atoms with Crippen LogP contribution in [0, 0.1) is 0 Å². The number of hydrogen-bond donors (Lipinski definition) is 1. The monoisotopic (exact) mass is 307 g/mol. The average Bonchev–Trinajstić information content (AvgIpc) is 3.02. The van der Waals surface area contributed by atoms with E-state index in [4.69, 9.17) is 0 Å². The number of hydrogen-bond acceptors (Lipinski definition) is 2. The molecule has 1 aromatic heterocycles. The number of anilines is 1. The van der Waals surface area contributed by atoms with Crippen LogP contribution in [0.5, 0.6) is 0 Å². The lowest BCUT2D eigenvalue weighted by Gasteiger charge is -2.14. The van der Waals surface area contributed by atoms with E-state index in [1.165, 1.54) is 5.39 Å². The maximum atomic E-state index is 12.3. The molecule has 0 aliphatic rings. The molecule has 0 radical (unpaired) electrons. The van der Waals surface area contributed by atoms with E-state index in [9.17, 15) is 4.79 Å². The van der Waals surface area contributed by atoms with Crippen LogP contribution < -0.4 is 5.32 Å². The van der Waals surface area contributed by atoms with Gasteiger partial charge in [0.2, 0.25) is 5.91 Å². The first-order chi connectivity index (χ1) is 11.2. The molecule has 1 unspecified atom stereocenters. The van der Waals surface area contributed by atoms with Gasteiger partial charge < -0.3 is 5.32 Å². The van der Waals surface area contributed by atoms with Crippen LogP contribution in [0.4, 0.5) is 5.82 Å². The summed E-state index contributed by atoms with van der Waals surface area (Å²) in [5.41, 5.74) is 1.01. The van der Waals surface area contributed by atoms with Crippen LogP contribution in [0.1, 0.15) is 31.9 Å². The molecule has 3 aromatic rings. The van der Waals surface area contributed by atoms with Crippen molar-refractivity contribution in [1.29, 1.82) is 0 Å². The summed E-state index contributed by atoms with van der Waals surface area (Å²) in [5.74, 6) is 0.732. The summed E-state index contributed by atoms with van der Waals surface area (Å²) in [6, 6.07) is 16.4. The maximum absolute atomic E-state index is 12.3. The Morgan fingerprint density at radius 3 is 2.74 bits per heavy atom. The lowest BCUT2D eigenvalue weighted by atomic mass is 10.0. The Hall–Kier alpha value is -2.62. The van der Waals surface area contributed by atoms with Crippen molar-refractivity contribution >= 4 is 22.5 Å². The topological polar surface area (TPSA) is 46.9 Å². The molecule has 1 heterocycles. The molecule has 1 N–H and O–H groups in total. The lowest BCUT2D eigenvalue weighted by Crippen LogP contribution is -2.19. The molecule has 1 amide bonds. The maximum Gasteiger partial charge on any atom is 0.229 e. The second-order valence-electron chi connectivity index (χ2n) is 5.82. The molecule has 4 nitrogen and oxygen atoms in total. The highest BCUT2D eigenvalue weighted by molar-refractivity contribution is 5.92. The Morgan fingerprint density at radius 1 is 1.17 bits per heavy atom. The van der Waals surface area contributed by atoms with Gasteiger partial charge in [-0.25, -0.2) is 4.68 Å². The zero-order valence-electron chi connectivity index (χ0n) is 13.5. The molecule has 118 valence electrons. The summed E-state index contributed by atoms with van der Waals surface area (Å²) in [5, 5.41) is 9.60. The van der Waals surface area contributed by atoms with Gasteiger partial charge in [-0.15, -0.1) is 0 Å². The van der Waals surface area contributed by atoms with Gasteiger partial charge in [0.25, 0.3) is 0 Å². The quantitative estimate of drug-likeness (QED) is 0.768. The number of benzene rings is 2. The summed E-state index contributed by atoms with van der Waals surface area (Å²) in [6.07, 6.45) is 3.05. The van der Waals surface area contributed by atoms with E-state index in [1.807, 2.05) is 28.9 Å². The number of nitrogens with zero attached hydrogens (tertiary/aromatic N) is 2. The summed E-state index contributed by atoms with van der Waals surface area (Å²) in [7, 11) is 0. The first kappa shape index (κ1) is 15.3. The van der Waals surface area contributed by atoms with Gasteiger partial charge in [-0.3, -0.25) is 4.79 Å². The van der Waals surface area contributed by atoms with Crippen LogP contribution >= 0.6 is 0 Å². The number of amides is 1. The molecule has 0 aliphatic heterocycles. The fourth-order valence-electron chi connectivity index (χ4n) is 2.66. The van der Waals surface area contributed by atoms with E-state index in [-0.39, 0.29) is 11.9 Å². The van der Waals surface area contributed by atoms with Gasteiger partial charge >= 0.3 is 0 Å². The van der Waals surface area contributed by atoms with Crippen LogP contribution in [-0.2, 0) is 11.2 Å². The Kier molecular flexibility index (Phi) is 4.42. The highest BCUT2D eigenvalue weighted by Gasteiger charge is 2.11. The number of nitrogens with one attached hydrogen (secondary N) is 1. The minimum atomic E-state index is -0.0228. The van der Waals surface area contributed by atoms with Gasteiger partial charge in [-0.05, 0) is 29.7 Å². The molecule has 2 aromatic carbocycles. The van der Waals surface area contributed by atoms with E-state index in [2.05, 4.69) is 48.5 Å². The molecule has 4 heteroatoms. The van der Waals surface area contributed by atoms with E-state index < -0.39 is 0 Å². The smallest absolute Gasteiger partial charge is 0.229 e. The van der Waals surface area contributed by atoms with Crippen molar-refractivity contribution in [1.82, 2.24) is 9.78 Å². The van der Waals surface area contributed by atoms with Gasteiger partial charge in [-0.1, -0.05) is 49.4 Å². The summed E-state index contributed by atoms with van der Waals surface area (Å²) in [6.45, 7) is 4.19. The number of rotatable bonds is 5. The standard InChI is InChI=1S/C19H21N3O/c1-3-14(2)22-18(10-11-20-22)21-19(23)13-15-8-9-16-6-4-5-7-17(16)12-15/h4-12,14H,3,13H2,1-2H3,(H,21,23). The van der Waals surface area contributed by atoms with Crippen LogP contribution in [0.3, 0.4) is 0 Å². The normalized spacial score (nSPS) is 12.3. The molecule has 23 heavy (non-hydrogen) atoms. The first-order valence-corrected chi connectivity index (χ1v) is 7.98. The molecule has 0 fully saturated rings. The van der Waals surface area contributed by atoms with Crippen molar-refractivity contribution in [3.05, 3.63) is 60.3 Å². The van der Waals surface area contributed by atoms with Crippen LogP contribution in [-0.4, -0.2) is 15.7 Å². The molecule has 0 spiro atoms. The van der Waals surface area contributed by atoms with Crippen molar-refractivity contribution in [2.75, 3.05) is 5.32 Å². The van der Waals surface area contributed by atoms with Crippen LogP contribution in [0.2, 0.25) is 0 Å². The van der Waals surface area contributed by atoms with Crippen molar-refractivity contribution < 1.29 is 4.79 Å². The first-order valence-electron chi connectivity index (χ1n) is 7.98. The SMILES string of the molecule is CCC(C)n1nccc1NC(=O)Cc1ccc2ccccc2c1. The highest BCUT2D eigenvalue weighted by Crippen LogP contribution is 2.18. The van der Waals surface area contributed by atoms with Crippen molar-refractivity contribution in [3.8, 4) is 0 Å². The zero-order chi connectivity index (χ0) is 16.2. The van der Waals surface area contributed by atoms with Crippen molar-refractivity contribution in [2.45, 2.75) is 32.7 Å². The fraction of sp³-hybridized carbons (Fsp3) is 0.263. The van der Waals surface area contributed by atoms with Crippen molar-refractivity contribution in [3.63, 3.8) is 0 Å². The van der Waals surface area contributed by atoms with Crippen LogP contribution in [0.25, 0.3) is 10.8 Å². The summed E-state index contributed by atoms with van der Waals surface area (Å²) in [4.78, 5) is 12.3. The van der Waals surface area contributed by atoms with Gasteiger partial charge in [0.1, 0.15) is 5.82 Å². The Morgan fingerprint density at radius 2 is 1.96 bits per heavy atom. The van der Waals surface area contributed by atoms with Gasteiger partial charge in [-0.2, -0.15) is 5.10 Å². The molecule has 0 aliphatic carbocycles. The van der Waals surface area contributed by atoms with E-state index in [0.29, 0.717) is 6.42 Å². The van der Waals surface area contributed by atoms with E-state index >= 15 is 0 Å². The molecular weight excluding hydrogens is 286 g/mol. The number of fused-ring (bicyclic) bond motifs is 1. The molecular formula is C19H21N3O. The number of aromatic nitrogens is 2. The number of carbonyl (C=O) groups is 1. The van der Waals surface area contributed by atoms with Crippen LogP contribution in [0.15, 0.2) is 54.7 Å². The zero-order valence-corrected chi connectivity index (χ0v) is 13.5. The van der Waals surface area contributed by atoms with E-state index in [0.717, 1.165) is 23.2 Å². The minimum Gasteiger partial charge on any atom is -0.311 e. The Labute approximate surface area is 136 Å². The third-order valence-electron chi connectivity index (χ3n) is 4.12. The van der Waals surface area contributed by atoms with Gasteiger partial charge in [0, 0.05) is 6.07 Å². The van der Waals surface area contributed by atoms with E-state index in [1.54, 1.807) is 6.20 Å². The summed E-state index contributed by atoms with van der Waals surface area (Å²) >= 11 is 0. The lowest BCUT2D eigenvalue weighted by molar-refractivity contribution is -0.115. The highest BCUT2D eigenvalue weighted by atomic mass is 16.1. The molecule has 0 saturated carbocycles. The van der Waals surface area contributed by atoms with Gasteiger partial charge in [0.05, 0.1) is 18.7 Å². The average molecular weight is 307 g/mol. The number of carbonyl (C=O) groups excluding carboxylic acids is 1. The fourth-order valence-corrected chi connectivity index (χ4v) is 2.66. The Balaban J connectivity index is 1.72. The molecule has 3 rings (SSSR count). The second kappa shape index (κ2) is 6.65. The predicted octanol–water partition coefficient (Wildman–Crippen LogP) is 4.19. The molecule has 0 saturated heterocycles. The van der Waals surface area contributed by atoms with Gasteiger partial charge in [0.15, 0.2) is 0 Å². The third-order valence-corrected chi connectivity index (χ3v) is 4.12. The van der Waals surface area contributed by atoms with Crippen molar-refractivity contribution in [2.24, 2.45) is 0 Å².